The number of hydrogen-bond donors (Lipinski definition) is 4. The molecule has 4 saturated heterocycles. The van der Waals surface area contributed by atoms with Gasteiger partial charge in [0, 0.05) is 103 Å². The van der Waals surface area contributed by atoms with Crippen LogP contribution in [0, 0.1) is 34.9 Å². The number of carbonyl (C=O) groups excluding carboxylic acids is 7. The molecule has 8 aliphatic rings. The van der Waals surface area contributed by atoms with Gasteiger partial charge in [-0.25, -0.2) is 31.1 Å². The zero-order valence-corrected chi connectivity index (χ0v) is 70.5. The number of ether oxygens (including phenoxy) is 2. The van der Waals surface area contributed by atoms with E-state index in [-0.39, 0.29) is 198 Å². The Bertz CT molecular complexity index is 5160. The molecule has 7 aromatic rings. The maximum absolute atomic E-state index is 13.8. The predicted molar refractivity (Wildman–Crippen MR) is 400 cm³/mol. The van der Waals surface area contributed by atoms with E-state index in [2.05, 4.69) is 16.0 Å². The van der Waals surface area contributed by atoms with Crippen LogP contribution in [0.5, 0.6) is 23.0 Å². The summed E-state index contributed by atoms with van der Waals surface area (Å²) in [7, 11) is 2.55. The quantitative estimate of drug-likeness (QED) is 0.0932. The predicted octanol–water partition coefficient (Wildman–Crippen LogP) is 0.118. The van der Waals surface area contributed by atoms with Crippen LogP contribution in [0.1, 0.15) is 153 Å². The van der Waals surface area contributed by atoms with Crippen LogP contribution in [0.4, 0.5) is 26.3 Å². The number of carboxylic acid groups (broad SMARTS) is 1. The Balaban J connectivity index is 0.000000162. The number of benzene rings is 3. The molecular weight excluding hydrogens is 1620 g/mol. The minimum absolute atomic E-state index is 0. The minimum atomic E-state index is -1.32. The van der Waals surface area contributed by atoms with E-state index >= 15 is 0 Å². The van der Waals surface area contributed by atoms with Crippen LogP contribution in [-0.4, -0.2) is 173 Å². The molecule has 8 aliphatic heterocycles. The first kappa shape index (κ1) is 88.8. The smallest absolute Gasteiger partial charge is 0.868 e. The van der Waals surface area contributed by atoms with Gasteiger partial charge in [-0.2, -0.15) is 0 Å². The average Bonchev–Trinajstić information content (AvgIpc) is 0.760. The largest absolute Gasteiger partial charge is 1.00 e. The topological polar surface area (TPSA) is 358 Å². The van der Waals surface area contributed by atoms with Crippen LogP contribution >= 0.6 is 47.0 Å². The van der Waals surface area contributed by atoms with Gasteiger partial charge < -0.3 is 78.6 Å². The number of carbonyl (C=O) groups is 8. The molecule has 0 saturated carbocycles. The number of pyridine rings is 4. The van der Waals surface area contributed by atoms with Crippen molar-refractivity contribution in [2.45, 2.75) is 145 Å². The van der Waals surface area contributed by atoms with Gasteiger partial charge in [0.05, 0.1) is 61.9 Å². The monoisotopic (exact) mass is 1690 g/mol. The van der Waals surface area contributed by atoms with Gasteiger partial charge in [0.15, 0.2) is 33.7 Å². The van der Waals surface area contributed by atoms with E-state index in [4.69, 9.17) is 14.6 Å². The molecule has 28 nitrogen and oxygen atoms in total. The van der Waals surface area contributed by atoms with E-state index in [1.165, 1.54) is 70.9 Å². The van der Waals surface area contributed by atoms with Crippen LogP contribution < -0.4 is 116 Å². The third kappa shape index (κ3) is 18.1. The summed E-state index contributed by atoms with van der Waals surface area (Å²) in [6.07, 6.45) is 8.38. The molecule has 4 N–H and O–H groups in total. The minimum Gasteiger partial charge on any atom is -0.868 e. The van der Waals surface area contributed by atoms with E-state index in [0.29, 0.717) is 38.3 Å². The van der Waals surface area contributed by atoms with Crippen molar-refractivity contribution in [1.82, 2.24) is 53.8 Å². The summed E-state index contributed by atoms with van der Waals surface area (Å²) in [4.78, 5) is 158. The first-order chi connectivity index (χ1) is 53.8. The van der Waals surface area contributed by atoms with Crippen molar-refractivity contribution in [2.75, 3.05) is 37.2 Å². The number of rotatable bonds is 12. The molecule has 4 fully saturated rings. The van der Waals surface area contributed by atoms with Gasteiger partial charge in [-0.1, -0.05) is 18.2 Å². The molecule has 598 valence electrons. The summed E-state index contributed by atoms with van der Waals surface area (Å²) >= 11 is 6.49. The summed E-state index contributed by atoms with van der Waals surface area (Å²) < 4.78 is 96.6. The second kappa shape index (κ2) is 37.3. The van der Waals surface area contributed by atoms with Crippen molar-refractivity contribution >= 4 is 94.4 Å². The molecule has 115 heavy (non-hydrogen) atoms. The number of halogens is 6. The number of fused-ring (bicyclic) bond motifs is 8. The zero-order valence-electron chi connectivity index (χ0n) is 63.2. The molecule has 4 unspecified atom stereocenters. The number of aromatic nitrogens is 4. The van der Waals surface area contributed by atoms with Crippen molar-refractivity contribution in [3.8, 4) is 23.0 Å². The number of nitrogens with zero attached hydrogens (tertiary/aromatic N) is 8. The van der Waals surface area contributed by atoms with E-state index in [9.17, 15) is 94.1 Å². The maximum atomic E-state index is 13.8. The third-order valence-corrected chi connectivity index (χ3v) is 25.3. The molecule has 0 bridgehead atoms. The fourth-order valence-electron chi connectivity index (χ4n) is 14.4. The number of nitrogens with one attached hydrogen (secondary N) is 3. The Kier molecular flexibility index (Phi) is 28.8. The number of aromatic carboxylic acids is 1. The van der Waals surface area contributed by atoms with Crippen LogP contribution in [0.25, 0.3) is 0 Å². The standard InChI is InChI=1S/C21H21F2N3O4S.2C20H19F2N3O4S.C14H16N2O5S.2Na/c1-11-5-6-31-16-10-25-9-14(18(27)19(30-2)17(25)21(29)26(11)16)20(28)24-8-12-3-4-13(22)7-15(12)23;2*1-10-4-5-30-15-9-24-8-13(17(26)18(27)16(24)20(29)25(10)15)19(28)23-7-11-2-3-12(21)6-14(11)22;1-7-3-4-22-9-6-15-5-8(14(19)20)11(17)12(21-2)10(15)13(18)16(7)9;;/h3-4,7,9,11,16H,5-6,8,10H2,1-2H3,(H,24,28);2*2-3,6,8,10,15,27H,4-5,7,9H2,1H3,(H,23,28);5,7,9H,3-4,6H2,1-2H3,(H,19,20);;/q;;;;2*+1/p-2/t11-,16?;2*10-,15?;7-,9?;;/m1111../s1. The Morgan fingerprint density at radius 3 is 0.939 bits per heavy atom. The zero-order chi connectivity index (χ0) is 81.5. The average molecular weight is 1690 g/mol. The molecule has 7 amide bonds. The molecule has 12 heterocycles. The number of amides is 7. The fourth-order valence-corrected chi connectivity index (χ4v) is 20.3. The van der Waals surface area contributed by atoms with Gasteiger partial charge in [0.25, 0.3) is 41.4 Å². The normalized spacial score (nSPS) is 20.7. The molecule has 40 heteroatoms. The Labute approximate surface area is 713 Å². The van der Waals surface area contributed by atoms with Gasteiger partial charge in [-0.15, -0.1) is 47.0 Å². The van der Waals surface area contributed by atoms with Crippen molar-refractivity contribution in [3.05, 3.63) is 217 Å². The SMILES string of the molecule is COc1c2n(cc(C(=O)NCc3ccc(F)cc3F)c1=O)CC1SCC[C@@H](C)N1C2=O.COc1c2n(cc(C(=O)O)c1=O)CC1SCC[C@@H](C)N1C2=O.C[C@@H]1CCSC2Cn3cc(C(=O)NCc4ccc(F)cc4F)c(=O)c([O-])c3C(=O)N21.C[C@@H]1CCSC2Cn3cc(C(=O)NCc4ccc(F)cc4F)c(=O)c([O-])c3C(=O)N21.[Na+].[Na+]. The number of carboxylic acids is 1. The molecule has 0 aliphatic carbocycles. The molecule has 8 atom stereocenters. The van der Waals surface area contributed by atoms with Gasteiger partial charge in [0.1, 0.15) is 68.5 Å². The Morgan fingerprint density at radius 1 is 0.417 bits per heavy atom. The molecule has 15 rings (SSSR count). The van der Waals surface area contributed by atoms with Gasteiger partial charge in [0.2, 0.25) is 10.9 Å². The van der Waals surface area contributed by atoms with Crippen LogP contribution in [0.3, 0.4) is 0 Å². The second-order valence-corrected chi connectivity index (χ2v) is 32.6. The van der Waals surface area contributed by atoms with E-state index in [1.54, 1.807) is 71.2 Å². The van der Waals surface area contributed by atoms with Crippen molar-refractivity contribution < 1.29 is 149 Å². The number of hydrogen-bond acceptors (Lipinski definition) is 20. The summed E-state index contributed by atoms with van der Waals surface area (Å²) in [5.41, 5.74) is -5.13. The van der Waals surface area contributed by atoms with Gasteiger partial charge in [-0.3, -0.25) is 52.7 Å². The fraction of sp³-hybridized carbons (Fsp3) is 0.387. The number of thioether (sulfide) groups is 4. The maximum Gasteiger partial charge on any atom is 1.00 e. The number of methoxy groups -OCH3 is 2. The molecular formula is C75H73F6N11Na2O17S4. The van der Waals surface area contributed by atoms with Crippen molar-refractivity contribution in [1.29, 1.82) is 0 Å². The van der Waals surface area contributed by atoms with E-state index < -0.39 is 115 Å². The third-order valence-electron chi connectivity index (χ3n) is 20.4. The summed E-state index contributed by atoms with van der Waals surface area (Å²) in [5.74, 6) is -8.90. The molecule has 0 spiro atoms. The van der Waals surface area contributed by atoms with Crippen molar-refractivity contribution in [2.24, 2.45) is 0 Å². The summed E-state index contributed by atoms with van der Waals surface area (Å²) in [5, 5.41) is 41.1. The van der Waals surface area contributed by atoms with Crippen molar-refractivity contribution in [3.63, 3.8) is 0 Å². The first-order valence-electron chi connectivity index (χ1n) is 35.5. The van der Waals surface area contributed by atoms with Gasteiger partial charge in [-0.05, 0) is 106 Å². The summed E-state index contributed by atoms with van der Waals surface area (Å²) in [6, 6.07) is 8.91. The Morgan fingerprint density at radius 2 is 0.670 bits per heavy atom. The van der Waals surface area contributed by atoms with E-state index in [0.717, 1.165) is 73.0 Å². The first-order valence-corrected chi connectivity index (χ1v) is 39.7. The van der Waals surface area contributed by atoms with Crippen LogP contribution in [0.15, 0.2) is 98.6 Å². The van der Waals surface area contributed by atoms with E-state index in [1.807, 2.05) is 27.7 Å². The molecule has 0 radical (unpaired) electrons. The second-order valence-electron chi connectivity index (χ2n) is 27.5. The van der Waals surface area contributed by atoms with Gasteiger partial charge >= 0.3 is 65.1 Å². The summed E-state index contributed by atoms with van der Waals surface area (Å²) in [6.45, 7) is 8.41. The van der Waals surface area contributed by atoms with Crippen LogP contribution in [-0.2, 0) is 45.8 Å². The Hall–Kier alpha value is -8.60. The molecule has 3 aromatic carbocycles. The van der Waals surface area contributed by atoms with Crippen LogP contribution in [0.2, 0.25) is 0 Å². The molecule has 4 aromatic heterocycles.